The Bertz CT molecular complexity index is 1160. The van der Waals surface area contributed by atoms with Crippen LogP contribution in [0.3, 0.4) is 0 Å². The third-order valence-corrected chi connectivity index (χ3v) is 7.67. The van der Waals surface area contributed by atoms with Gasteiger partial charge in [-0.1, -0.05) is 51.1 Å². The largest absolute Gasteiger partial charge is 0.368 e. The smallest absolute Gasteiger partial charge is 0.243 e. The van der Waals surface area contributed by atoms with Gasteiger partial charge in [0.1, 0.15) is 0 Å². The van der Waals surface area contributed by atoms with Gasteiger partial charge >= 0.3 is 0 Å². The van der Waals surface area contributed by atoms with Gasteiger partial charge in [-0.3, -0.25) is 4.98 Å². The van der Waals surface area contributed by atoms with Crippen molar-refractivity contribution in [1.82, 2.24) is 9.29 Å². The van der Waals surface area contributed by atoms with Crippen LogP contribution in [-0.2, 0) is 15.4 Å². The number of piperazine rings is 1. The maximum Gasteiger partial charge on any atom is 0.243 e. The molecule has 2 heterocycles. The number of rotatable bonds is 3. The zero-order valence-electron chi connectivity index (χ0n) is 18.1. The van der Waals surface area contributed by atoms with Gasteiger partial charge in [-0.25, -0.2) is 8.42 Å². The molecule has 2 aromatic carbocycles. The normalized spacial score (nSPS) is 16.2. The highest BCUT2D eigenvalue weighted by molar-refractivity contribution is 7.89. The Kier molecular flexibility index (Phi) is 5.32. The van der Waals surface area contributed by atoms with Crippen LogP contribution in [0, 0.1) is 6.92 Å². The fraction of sp³-hybridized carbons (Fsp3) is 0.375. The summed E-state index contributed by atoms with van der Waals surface area (Å²) in [7, 11) is -3.49. The second-order valence-corrected chi connectivity index (χ2v) is 10.9. The number of pyridine rings is 1. The van der Waals surface area contributed by atoms with Crippen molar-refractivity contribution in [2.45, 2.75) is 38.0 Å². The summed E-state index contributed by atoms with van der Waals surface area (Å²) < 4.78 is 27.9. The van der Waals surface area contributed by atoms with Gasteiger partial charge in [0.2, 0.25) is 10.0 Å². The van der Waals surface area contributed by atoms with Crippen molar-refractivity contribution < 1.29 is 8.42 Å². The molecule has 1 aliphatic heterocycles. The van der Waals surface area contributed by atoms with Crippen molar-refractivity contribution >= 4 is 26.6 Å². The van der Waals surface area contributed by atoms with E-state index in [1.54, 1.807) is 16.4 Å². The number of hydrogen-bond acceptors (Lipinski definition) is 4. The molecule has 1 aliphatic rings. The zero-order chi connectivity index (χ0) is 21.5. The average Bonchev–Trinajstić information content (AvgIpc) is 2.72. The van der Waals surface area contributed by atoms with Gasteiger partial charge in [-0.05, 0) is 42.2 Å². The number of para-hydroxylation sites is 1. The molecular formula is C24H29N3O2S. The lowest BCUT2D eigenvalue weighted by molar-refractivity contribution is 0.385. The molecule has 30 heavy (non-hydrogen) atoms. The van der Waals surface area contributed by atoms with E-state index in [2.05, 4.69) is 42.8 Å². The number of aromatic nitrogens is 1. The minimum Gasteiger partial charge on any atom is -0.368 e. The number of sulfonamides is 1. The minimum atomic E-state index is -3.49. The topological polar surface area (TPSA) is 53.5 Å². The molecule has 0 bridgehead atoms. The molecule has 158 valence electrons. The molecule has 1 saturated heterocycles. The molecule has 3 aromatic rings. The van der Waals surface area contributed by atoms with Crippen LogP contribution in [-0.4, -0.2) is 43.9 Å². The minimum absolute atomic E-state index is 0.000632. The fourth-order valence-corrected chi connectivity index (χ4v) is 5.41. The third kappa shape index (κ3) is 3.94. The van der Waals surface area contributed by atoms with E-state index in [0.29, 0.717) is 31.1 Å². The van der Waals surface area contributed by atoms with Gasteiger partial charge in [0.25, 0.3) is 0 Å². The standard InChI is InChI=1S/C24H29N3O2S/c1-18-17-23(21-7-5-6-8-22(21)25-18)26-13-15-27(16-14-26)30(28,29)20-11-9-19(10-12-20)24(2,3)4/h5-12,17H,13-16H2,1-4H3. The van der Waals surface area contributed by atoms with Crippen LogP contribution in [0.2, 0.25) is 0 Å². The van der Waals surface area contributed by atoms with Crippen LogP contribution >= 0.6 is 0 Å². The van der Waals surface area contributed by atoms with E-state index in [1.807, 2.05) is 37.3 Å². The maximum atomic E-state index is 13.2. The van der Waals surface area contributed by atoms with Gasteiger partial charge in [0.05, 0.1) is 10.4 Å². The van der Waals surface area contributed by atoms with Gasteiger partial charge in [0, 0.05) is 42.9 Å². The molecule has 0 aliphatic carbocycles. The number of nitrogens with zero attached hydrogens (tertiary/aromatic N) is 3. The van der Waals surface area contributed by atoms with Crippen LogP contribution in [0.25, 0.3) is 10.9 Å². The Balaban J connectivity index is 1.53. The van der Waals surface area contributed by atoms with Gasteiger partial charge in [-0.15, -0.1) is 0 Å². The van der Waals surface area contributed by atoms with E-state index in [9.17, 15) is 8.42 Å². The first-order valence-corrected chi connectivity index (χ1v) is 11.8. The first kappa shape index (κ1) is 20.8. The maximum absolute atomic E-state index is 13.2. The molecule has 0 unspecified atom stereocenters. The number of anilines is 1. The second-order valence-electron chi connectivity index (χ2n) is 8.97. The molecule has 1 fully saturated rings. The third-order valence-electron chi connectivity index (χ3n) is 5.76. The van der Waals surface area contributed by atoms with Crippen molar-refractivity contribution in [2.24, 2.45) is 0 Å². The second kappa shape index (κ2) is 7.67. The highest BCUT2D eigenvalue weighted by atomic mass is 32.2. The van der Waals surface area contributed by atoms with E-state index in [4.69, 9.17) is 0 Å². The summed E-state index contributed by atoms with van der Waals surface area (Å²) in [6.45, 7) is 10.6. The Hall–Kier alpha value is -2.44. The number of fused-ring (bicyclic) bond motifs is 1. The lowest BCUT2D eigenvalue weighted by atomic mass is 9.87. The van der Waals surface area contributed by atoms with E-state index in [-0.39, 0.29) is 5.41 Å². The highest BCUT2D eigenvalue weighted by Gasteiger charge is 2.29. The SMILES string of the molecule is Cc1cc(N2CCN(S(=O)(=O)c3ccc(C(C)(C)C)cc3)CC2)c2ccccc2n1. The van der Waals surface area contributed by atoms with Crippen LogP contribution in [0.5, 0.6) is 0 Å². The van der Waals surface area contributed by atoms with Crippen molar-refractivity contribution in [3.8, 4) is 0 Å². The Morgan fingerprint density at radius 2 is 1.53 bits per heavy atom. The van der Waals surface area contributed by atoms with Crippen molar-refractivity contribution in [3.63, 3.8) is 0 Å². The molecule has 0 amide bonds. The summed E-state index contributed by atoms with van der Waals surface area (Å²) in [5, 5.41) is 1.11. The molecule has 5 nitrogen and oxygen atoms in total. The summed E-state index contributed by atoms with van der Waals surface area (Å²) in [6.07, 6.45) is 0. The van der Waals surface area contributed by atoms with Gasteiger partial charge in [0.15, 0.2) is 0 Å². The predicted octanol–water partition coefficient (Wildman–Crippen LogP) is 4.35. The summed E-state index contributed by atoms with van der Waals surface area (Å²) >= 11 is 0. The fourth-order valence-electron chi connectivity index (χ4n) is 3.99. The Morgan fingerprint density at radius 1 is 0.900 bits per heavy atom. The van der Waals surface area contributed by atoms with Crippen molar-refractivity contribution in [3.05, 3.63) is 65.9 Å². The first-order valence-electron chi connectivity index (χ1n) is 10.4. The van der Waals surface area contributed by atoms with Crippen LogP contribution in [0.15, 0.2) is 59.5 Å². The molecule has 4 rings (SSSR count). The lowest BCUT2D eigenvalue weighted by Crippen LogP contribution is -2.48. The van der Waals surface area contributed by atoms with Crippen molar-refractivity contribution in [1.29, 1.82) is 0 Å². The average molecular weight is 424 g/mol. The van der Waals surface area contributed by atoms with Crippen LogP contribution < -0.4 is 4.90 Å². The highest BCUT2D eigenvalue weighted by Crippen LogP contribution is 2.29. The number of hydrogen-bond donors (Lipinski definition) is 0. The van der Waals surface area contributed by atoms with E-state index < -0.39 is 10.0 Å². The Labute approximate surface area is 179 Å². The summed E-state index contributed by atoms with van der Waals surface area (Å²) in [5.74, 6) is 0. The molecule has 1 aromatic heterocycles. The zero-order valence-corrected chi connectivity index (χ0v) is 18.9. The van der Waals surface area contributed by atoms with E-state index in [0.717, 1.165) is 27.8 Å². The number of benzene rings is 2. The summed E-state index contributed by atoms with van der Waals surface area (Å²) in [4.78, 5) is 7.26. The number of aryl methyl sites for hydroxylation is 1. The van der Waals surface area contributed by atoms with Gasteiger partial charge in [-0.2, -0.15) is 4.31 Å². The molecule has 0 spiro atoms. The van der Waals surface area contributed by atoms with Crippen LogP contribution in [0.1, 0.15) is 32.0 Å². The molecule has 0 N–H and O–H groups in total. The molecule has 0 atom stereocenters. The van der Waals surface area contributed by atoms with E-state index in [1.165, 1.54) is 0 Å². The predicted molar refractivity (Wildman–Crippen MR) is 123 cm³/mol. The molecule has 0 saturated carbocycles. The monoisotopic (exact) mass is 423 g/mol. The first-order chi connectivity index (χ1) is 14.2. The summed E-state index contributed by atoms with van der Waals surface area (Å²) in [6, 6.07) is 17.5. The Morgan fingerprint density at radius 3 is 2.17 bits per heavy atom. The van der Waals surface area contributed by atoms with Gasteiger partial charge < -0.3 is 4.90 Å². The van der Waals surface area contributed by atoms with Crippen LogP contribution in [0.4, 0.5) is 5.69 Å². The molecular weight excluding hydrogens is 394 g/mol. The molecule has 6 heteroatoms. The lowest BCUT2D eigenvalue weighted by Gasteiger charge is -2.36. The van der Waals surface area contributed by atoms with E-state index >= 15 is 0 Å². The summed E-state index contributed by atoms with van der Waals surface area (Å²) in [5.41, 5.74) is 4.20. The quantitative estimate of drug-likeness (QED) is 0.628. The van der Waals surface area contributed by atoms with Crippen molar-refractivity contribution in [2.75, 3.05) is 31.1 Å². The molecule has 0 radical (unpaired) electrons.